The zero-order chi connectivity index (χ0) is 15.6. The van der Waals surface area contributed by atoms with Crippen molar-refractivity contribution in [2.45, 2.75) is 0 Å². The van der Waals surface area contributed by atoms with Crippen molar-refractivity contribution in [1.29, 1.82) is 0 Å². The second-order valence-electron chi connectivity index (χ2n) is 4.10. The number of carbonyl (C=O) groups is 1. The molecule has 1 amide bonds. The Hall–Kier alpha value is -1.31. The van der Waals surface area contributed by atoms with Crippen molar-refractivity contribution < 1.29 is 9.18 Å². The molecule has 0 aromatic heterocycles. The first-order chi connectivity index (χ1) is 9.90. The quantitative estimate of drug-likeness (QED) is 0.714. The number of hydrogen-bond acceptors (Lipinski definition) is 2. The van der Waals surface area contributed by atoms with E-state index < -0.39 is 11.7 Å². The zero-order valence-electron chi connectivity index (χ0n) is 10.5. The van der Waals surface area contributed by atoms with Crippen LogP contribution in [0.25, 0.3) is 0 Å². The van der Waals surface area contributed by atoms with Gasteiger partial charge in [-0.25, -0.2) is 4.39 Å². The molecule has 2 rings (SSSR count). The molecular weight excluding hydrogens is 423 g/mol. The molecule has 0 unspecified atom stereocenters. The van der Waals surface area contributed by atoms with E-state index >= 15 is 0 Å². The lowest BCUT2D eigenvalue weighted by molar-refractivity contribution is 0.102. The highest BCUT2D eigenvalue weighted by Crippen LogP contribution is 2.24. The summed E-state index contributed by atoms with van der Waals surface area (Å²) in [5.41, 5.74) is 6.17. The SMILES string of the molecule is NC(=S)c1c(F)cccc1NC(=O)c1cc(Br)ccc1Br. The predicted octanol–water partition coefficient (Wildman–Crippen LogP) is 4.24. The van der Waals surface area contributed by atoms with Gasteiger partial charge in [-0.05, 0) is 46.3 Å². The first-order valence-electron chi connectivity index (χ1n) is 5.75. The van der Waals surface area contributed by atoms with Gasteiger partial charge in [0.05, 0.1) is 16.8 Å². The number of anilines is 1. The van der Waals surface area contributed by atoms with Gasteiger partial charge in [0, 0.05) is 8.95 Å². The number of nitrogens with two attached hydrogens (primary N) is 1. The van der Waals surface area contributed by atoms with Crippen molar-refractivity contribution in [1.82, 2.24) is 0 Å². The smallest absolute Gasteiger partial charge is 0.256 e. The fraction of sp³-hybridized carbons (Fsp3) is 0. The van der Waals surface area contributed by atoms with Crippen LogP contribution in [0.1, 0.15) is 15.9 Å². The monoisotopic (exact) mass is 430 g/mol. The molecule has 0 spiro atoms. The Labute approximate surface area is 143 Å². The molecule has 0 radical (unpaired) electrons. The number of amides is 1. The van der Waals surface area contributed by atoms with E-state index in [1.807, 2.05) is 0 Å². The summed E-state index contributed by atoms with van der Waals surface area (Å²) < 4.78 is 15.1. The maximum absolute atomic E-state index is 13.8. The van der Waals surface area contributed by atoms with Gasteiger partial charge in [0.15, 0.2) is 0 Å². The second kappa shape index (κ2) is 6.64. The minimum atomic E-state index is -0.575. The van der Waals surface area contributed by atoms with Gasteiger partial charge in [-0.1, -0.05) is 34.2 Å². The fourth-order valence-electron chi connectivity index (χ4n) is 1.74. The number of rotatable bonds is 3. The molecule has 0 heterocycles. The molecule has 0 fully saturated rings. The highest BCUT2D eigenvalue weighted by molar-refractivity contribution is 9.11. The van der Waals surface area contributed by atoms with E-state index in [0.717, 1.165) is 4.47 Å². The van der Waals surface area contributed by atoms with Gasteiger partial charge in [-0.2, -0.15) is 0 Å². The molecular formula is C14H9Br2FN2OS. The standard InChI is InChI=1S/C14H9Br2FN2OS/c15-7-4-5-9(16)8(6-7)14(20)19-11-3-1-2-10(17)12(11)13(18)21/h1-6H,(H2,18,21)(H,19,20). The zero-order valence-corrected chi connectivity index (χ0v) is 14.5. The molecule has 2 aromatic rings. The summed E-state index contributed by atoms with van der Waals surface area (Å²) in [5.74, 6) is -0.972. The average Bonchev–Trinajstić information content (AvgIpc) is 2.41. The third-order valence-electron chi connectivity index (χ3n) is 2.68. The van der Waals surface area contributed by atoms with Crippen LogP contribution in [-0.2, 0) is 0 Å². The Morgan fingerprint density at radius 2 is 1.95 bits per heavy atom. The normalized spacial score (nSPS) is 10.2. The van der Waals surface area contributed by atoms with E-state index in [2.05, 4.69) is 37.2 Å². The van der Waals surface area contributed by atoms with E-state index in [-0.39, 0.29) is 16.2 Å². The predicted molar refractivity (Wildman–Crippen MR) is 92.1 cm³/mol. The van der Waals surface area contributed by atoms with E-state index in [1.54, 1.807) is 24.3 Å². The largest absolute Gasteiger partial charge is 0.389 e. The van der Waals surface area contributed by atoms with E-state index in [0.29, 0.717) is 10.0 Å². The molecule has 7 heteroatoms. The lowest BCUT2D eigenvalue weighted by Gasteiger charge is -2.12. The lowest BCUT2D eigenvalue weighted by atomic mass is 10.1. The van der Waals surface area contributed by atoms with Crippen LogP contribution in [0.15, 0.2) is 45.3 Å². The molecule has 0 bridgehead atoms. The van der Waals surface area contributed by atoms with Gasteiger partial charge in [-0.3, -0.25) is 4.79 Å². The Morgan fingerprint density at radius 3 is 2.62 bits per heavy atom. The number of hydrogen-bond donors (Lipinski definition) is 2. The van der Waals surface area contributed by atoms with E-state index in [4.69, 9.17) is 18.0 Å². The van der Waals surface area contributed by atoms with Crippen LogP contribution in [0, 0.1) is 5.82 Å². The summed E-state index contributed by atoms with van der Waals surface area (Å²) in [4.78, 5) is 12.2. The van der Waals surface area contributed by atoms with Gasteiger partial charge in [0.25, 0.3) is 5.91 Å². The number of halogens is 3. The van der Waals surface area contributed by atoms with Crippen LogP contribution in [0.4, 0.5) is 10.1 Å². The van der Waals surface area contributed by atoms with Crippen LogP contribution in [0.2, 0.25) is 0 Å². The molecule has 3 N–H and O–H groups in total. The number of benzene rings is 2. The molecule has 2 aromatic carbocycles. The summed E-state index contributed by atoms with van der Waals surface area (Å²) >= 11 is 11.4. The van der Waals surface area contributed by atoms with Crippen molar-refractivity contribution in [3.8, 4) is 0 Å². The van der Waals surface area contributed by atoms with Crippen LogP contribution in [-0.4, -0.2) is 10.9 Å². The van der Waals surface area contributed by atoms with Crippen molar-refractivity contribution in [2.24, 2.45) is 5.73 Å². The number of thiocarbonyl (C=S) groups is 1. The van der Waals surface area contributed by atoms with Crippen LogP contribution in [0.3, 0.4) is 0 Å². The minimum absolute atomic E-state index is 0.0203. The molecule has 21 heavy (non-hydrogen) atoms. The Bertz CT molecular complexity index is 737. The third kappa shape index (κ3) is 3.66. The summed E-state index contributed by atoms with van der Waals surface area (Å²) in [6.45, 7) is 0. The van der Waals surface area contributed by atoms with Gasteiger partial charge >= 0.3 is 0 Å². The first kappa shape index (κ1) is 16.1. The lowest BCUT2D eigenvalue weighted by Crippen LogP contribution is -2.19. The molecule has 0 saturated heterocycles. The maximum atomic E-state index is 13.8. The van der Waals surface area contributed by atoms with Gasteiger partial charge in [0.1, 0.15) is 10.8 Å². The Morgan fingerprint density at radius 1 is 1.24 bits per heavy atom. The van der Waals surface area contributed by atoms with Gasteiger partial charge in [-0.15, -0.1) is 0 Å². The van der Waals surface area contributed by atoms with Crippen LogP contribution < -0.4 is 11.1 Å². The molecule has 0 aliphatic heterocycles. The summed E-state index contributed by atoms with van der Waals surface area (Å²) in [6, 6.07) is 9.44. The minimum Gasteiger partial charge on any atom is -0.389 e. The fourth-order valence-corrected chi connectivity index (χ4v) is 2.74. The maximum Gasteiger partial charge on any atom is 0.256 e. The first-order valence-corrected chi connectivity index (χ1v) is 7.74. The molecule has 0 atom stereocenters. The summed E-state index contributed by atoms with van der Waals surface area (Å²) in [5, 5.41) is 2.62. The third-order valence-corrected chi connectivity index (χ3v) is 4.07. The van der Waals surface area contributed by atoms with Crippen LogP contribution in [0.5, 0.6) is 0 Å². The molecule has 108 valence electrons. The van der Waals surface area contributed by atoms with Gasteiger partial charge in [0.2, 0.25) is 0 Å². The molecule has 0 saturated carbocycles. The highest BCUT2D eigenvalue weighted by atomic mass is 79.9. The molecule has 0 aliphatic carbocycles. The summed E-state index contributed by atoms with van der Waals surface area (Å²) in [6.07, 6.45) is 0. The second-order valence-corrected chi connectivity index (χ2v) is 6.31. The highest BCUT2D eigenvalue weighted by Gasteiger charge is 2.16. The Kier molecular flexibility index (Phi) is 5.08. The molecule has 0 aliphatic rings. The topological polar surface area (TPSA) is 55.1 Å². The van der Waals surface area contributed by atoms with E-state index in [1.165, 1.54) is 12.1 Å². The number of nitrogens with one attached hydrogen (secondary N) is 1. The Balaban J connectivity index is 2.39. The number of carbonyl (C=O) groups excluding carboxylic acids is 1. The van der Waals surface area contributed by atoms with Crippen molar-refractivity contribution in [3.63, 3.8) is 0 Å². The van der Waals surface area contributed by atoms with E-state index in [9.17, 15) is 9.18 Å². The van der Waals surface area contributed by atoms with Crippen LogP contribution >= 0.6 is 44.1 Å². The average molecular weight is 432 g/mol. The molecule has 3 nitrogen and oxygen atoms in total. The van der Waals surface area contributed by atoms with Crippen molar-refractivity contribution in [3.05, 3.63) is 62.3 Å². The van der Waals surface area contributed by atoms with Crippen molar-refractivity contribution in [2.75, 3.05) is 5.32 Å². The van der Waals surface area contributed by atoms with Crippen molar-refractivity contribution >= 4 is 60.7 Å². The van der Waals surface area contributed by atoms with Gasteiger partial charge < -0.3 is 11.1 Å². The summed E-state index contributed by atoms with van der Waals surface area (Å²) in [7, 11) is 0.